The zero-order valence-corrected chi connectivity index (χ0v) is 31.1. The van der Waals surface area contributed by atoms with Gasteiger partial charge in [0.15, 0.2) is 15.7 Å². The summed E-state index contributed by atoms with van der Waals surface area (Å²) >= 11 is 0. The number of nitrogens with zero attached hydrogens (tertiary/aromatic N) is 5. The van der Waals surface area contributed by atoms with Crippen LogP contribution in [0.5, 0.6) is 17.6 Å². The number of anilines is 1. The molecule has 0 bridgehead atoms. The van der Waals surface area contributed by atoms with E-state index in [1.165, 1.54) is 31.4 Å². The number of halogens is 2. The van der Waals surface area contributed by atoms with Gasteiger partial charge in [-0.2, -0.15) is 9.97 Å². The number of fused-ring (bicyclic) bond motifs is 3. The van der Waals surface area contributed by atoms with Gasteiger partial charge >= 0.3 is 6.01 Å². The Bertz CT molecular complexity index is 2310. The topological polar surface area (TPSA) is 127 Å². The van der Waals surface area contributed by atoms with Gasteiger partial charge in [-0.3, -0.25) is 4.90 Å². The van der Waals surface area contributed by atoms with Crippen molar-refractivity contribution >= 4 is 37.3 Å². The zero-order chi connectivity index (χ0) is 37.4. The molecule has 4 aromatic rings. The third kappa shape index (κ3) is 5.81. The molecule has 5 heterocycles. The minimum absolute atomic E-state index is 0.0244. The minimum Gasteiger partial charge on any atom is -0.508 e. The smallest absolute Gasteiger partial charge is 0.319 e. The van der Waals surface area contributed by atoms with Gasteiger partial charge in [-0.05, 0) is 75.1 Å². The lowest BCUT2D eigenvalue weighted by Crippen LogP contribution is -2.66. The molecule has 0 unspecified atom stereocenters. The number of hydrogen-bond donors (Lipinski definition) is 1. The number of phenols is 1. The van der Waals surface area contributed by atoms with Gasteiger partial charge in [-0.15, -0.1) is 6.42 Å². The molecule has 11 nitrogen and oxygen atoms in total. The number of ether oxygens (including phenoxy) is 3. The molecule has 3 saturated heterocycles. The molecular formula is C40H43F2N5O6S. The Morgan fingerprint density at radius 3 is 2.63 bits per heavy atom. The highest BCUT2D eigenvalue weighted by atomic mass is 32.2. The summed E-state index contributed by atoms with van der Waals surface area (Å²) < 4.78 is 74.4. The molecule has 1 N–H and O–H groups in total. The van der Waals surface area contributed by atoms with Crippen molar-refractivity contribution in [1.82, 2.24) is 19.9 Å². The fraction of sp³-hybridized carbons (Fsp3) is 0.525. The first-order valence-corrected chi connectivity index (χ1v) is 20.6. The van der Waals surface area contributed by atoms with Gasteiger partial charge in [0, 0.05) is 53.6 Å². The van der Waals surface area contributed by atoms with Crippen LogP contribution >= 0.6 is 0 Å². The summed E-state index contributed by atoms with van der Waals surface area (Å²) in [6, 6.07) is 6.13. The average Bonchev–Trinajstić information content (AvgIpc) is 3.38. The maximum atomic E-state index is 17.2. The Balaban J connectivity index is 1.12. The number of terminal acetylenes is 1. The number of aromatic hydroxyl groups is 1. The van der Waals surface area contributed by atoms with Crippen LogP contribution in [0, 0.1) is 34.8 Å². The van der Waals surface area contributed by atoms with Crippen molar-refractivity contribution in [3.8, 4) is 41.2 Å². The number of aromatic nitrogens is 3. The molecule has 5 fully saturated rings. The molecule has 9 rings (SSSR count). The van der Waals surface area contributed by atoms with E-state index in [-0.39, 0.29) is 61.6 Å². The van der Waals surface area contributed by atoms with Gasteiger partial charge in [0.25, 0.3) is 0 Å². The SMILES string of the molecule is C#Cc1c(F)ccc2cc(O)cc(-c3nc(OC)c4c(N5CCCOCC5)nc(OC[C@]56CCC[C@H]5N(C5CC7(C5)CS(=O)(=O)C7)CCC6)nc4c3F)c12. The van der Waals surface area contributed by atoms with Gasteiger partial charge in [0.1, 0.15) is 34.0 Å². The van der Waals surface area contributed by atoms with Crippen LogP contribution < -0.4 is 14.4 Å². The predicted octanol–water partition coefficient (Wildman–Crippen LogP) is 5.64. The number of methoxy groups -OCH3 is 1. The molecule has 2 aromatic heterocycles. The van der Waals surface area contributed by atoms with Crippen LogP contribution in [0.4, 0.5) is 14.6 Å². The maximum absolute atomic E-state index is 17.2. The molecule has 2 saturated carbocycles. The van der Waals surface area contributed by atoms with Crippen molar-refractivity contribution < 1.29 is 36.5 Å². The molecule has 5 aliphatic rings. The molecule has 2 aliphatic carbocycles. The second kappa shape index (κ2) is 13.2. The van der Waals surface area contributed by atoms with E-state index < -0.39 is 21.5 Å². The summed E-state index contributed by atoms with van der Waals surface area (Å²) in [5, 5.41) is 11.6. The first-order chi connectivity index (χ1) is 26.0. The lowest BCUT2D eigenvalue weighted by molar-refractivity contribution is -0.0726. The summed E-state index contributed by atoms with van der Waals surface area (Å²) in [5.74, 6) is 1.83. The lowest BCUT2D eigenvalue weighted by atomic mass is 9.64. The van der Waals surface area contributed by atoms with E-state index >= 15 is 8.78 Å². The van der Waals surface area contributed by atoms with Gasteiger partial charge in [0.2, 0.25) is 5.88 Å². The summed E-state index contributed by atoms with van der Waals surface area (Å²) in [6.45, 7) is 3.45. The number of piperidine rings is 1. The first-order valence-electron chi connectivity index (χ1n) is 18.8. The second-order valence-corrected chi connectivity index (χ2v) is 18.0. The largest absolute Gasteiger partial charge is 0.508 e. The van der Waals surface area contributed by atoms with Gasteiger partial charge in [-0.25, -0.2) is 22.2 Å². The van der Waals surface area contributed by atoms with Crippen LogP contribution in [-0.4, -0.2) is 104 Å². The Kier molecular flexibility index (Phi) is 8.63. The number of benzene rings is 2. The first kappa shape index (κ1) is 35.4. The van der Waals surface area contributed by atoms with Crippen molar-refractivity contribution in [3.63, 3.8) is 0 Å². The Hall–Kier alpha value is -4.32. The van der Waals surface area contributed by atoms with Gasteiger partial charge < -0.3 is 24.2 Å². The summed E-state index contributed by atoms with van der Waals surface area (Å²) in [7, 11) is -1.45. The maximum Gasteiger partial charge on any atom is 0.319 e. The lowest BCUT2D eigenvalue weighted by Gasteiger charge is -2.60. The normalized spacial score (nSPS) is 25.1. The number of sulfone groups is 1. The average molecular weight is 760 g/mol. The van der Waals surface area contributed by atoms with Crippen LogP contribution in [0.2, 0.25) is 0 Å². The van der Waals surface area contributed by atoms with E-state index in [1.54, 1.807) is 0 Å². The molecule has 2 aromatic carbocycles. The summed E-state index contributed by atoms with van der Waals surface area (Å²) in [6.07, 6.45) is 13.4. The van der Waals surface area contributed by atoms with E-state index in [2.05, 4.69) is 15.8 Å². The highest BCUT2D eigenvalue weighted by Gasteiger charge is 2.60. The van der Waals surface area contributed by atoms with Crippen molar-refractivity contribution in [3.05, 3.63) is 41.5 Å². The van der Waals surface area contributed by atoms with E-state index in [9.17, 15) is 13.5 Å². The zero-order valence-electron chi connectivity index (χ0n) is 30.2. The third-order valence-corrected chi connectivity index (χ3v) is 14.7. The van der Waals surface area contributed by atoms with Crippen LogP contribution in [0.15, 0.2) is 24.3 Å². The standard InChI is InChI=1S/C40H43F2N5O6S/c1-3-27-29(41)9-8-24-17-26(48)18-28(31(24)27)34-33(42)35-32(37(43-34)51-2)36(46-12-6-15-52-16-14-46)45-38(44-35)53-21-40-10-4-7-30(40)47(13-5-11-40)25-19-39(20-25)22-54(49,50)23-39/h1,8-9,17-18,25,30,48H,4-7,10-16,19-23H2,2H3/t30-,40-/m1/s1. The number of phenolic OH excluding ortho intramolecular Hbond substituents is 1. The van der Waals surface area contributed by atoms with Gasteiger partial charge in [-0.1, -0.05) is 18.4 Å². The fourth-order valence-electron chi connectivity index (χ4n) is 10.3. The summed E-state index contributed by atoms with van der Waals surface area (Å²) in [5.41, 5.74) is -0.468. The van der Waals surface area contributed by atoms with E-state index in [0.717, 1.165) is 57.9 Å². The van der Waals surface area contributed by atoms with Crippen LogP contribution in [0.1, 0.15) is 56.9 Å². The molecule has 0 radical (unpaired) electrons. The van der Waals surface area contributed by atoms with E-state index in [4.69, 9.17) is 30.6 Å². The van der Waals surface area contributed by atoms with Crippen molar-refractivity contribution in [2.24, 2.45) is 10.8 Å². The van der Waals surface area contributed by atoms with Crippen molar-refractivity contribution in [2.75, 3.05) is 63.0 Å². The summed E-state index contributed by atoms with van der Waals surface area (Å²) in [4.78, 5) is 18.9. The molecule has 54 heavy (non-hydrogen) atoms. The molecule has 284 valence electrons. The van der Waals surface area contributed by atoms with Crippen molar-refractivity contribution in [2.45, 2.75) is 63.5 Å². The van der Waals surface area contributed by atoms with Crippen LogP contribution in [0.3, 0.4) is 0 Å². The molecule has 1 spiro atoms. The molecule has 2 atom stereocenters. The third-order valence-electron chi connectivity index (χ3n) is 12.6. The van der Waals surface area contributed by atoms with Crippen LogP contribution in [0.25, 0.3) is 32.9 Å². The second-order valence-electron chi connectivity index (χ2n) is 15.9. The number of likely N-dealkylation sites (tertiary alicyclic amines) is 1. The monoisotopic (exact) mass is 759 g/mol. The van der Waals surface area contributed by atoms with E-state index in [0.29, 0.717) is 67.7 Å². The quantitative estimate of drug-likeness (QED) is 0.236. The molecular weight excluding hydrogens is 717 g/mol. The fourth-order valence-corrected chi connectivity index (χ4v) is 12.6. The predicted molar refractivity (Wildman–Crippen MR) is 200 cm³/mol. The molecule has 0 amide bonds. The Labute approximate surface area is 312 Å². The Morgan fingerprint density at radius 2 is 1.85 bits per heavy atom. The number of rotatable bonds is 7. The highest BCUT2D eigenvalue weighted by Crippen LogP contribution is 2.56. The molecule has 3 aliphatic heterocycles. The van der Waals surface area contributed by atoms with Crippen LogP contribution in [-0.2, 0) is 14.6 Å². The number of hydrogen-bond acceptors (Lipinski definition) is 11. The number of pyridine rings is 1. The van der Waals surface area contributed by atoms with E-state index in [1.807, 2.05) is 4.90 Å². The van der Waals surface area contributed by atoms with Crippen molar-refractivity contribution in [1.29, 1.82) is 0 Å². The Morgan fingerprint density at radius 1 is 1.04 bits per heavy atom. The minimum atomic E-state index is -2.88. The van der Waals surface area contributed by atoms with Gasteiger partial charge in [0.05, 0.1) is 37.4 Å². The molecule has 14 heteroatoms. The highest BCUT2D eigenvalue weighted by molar-refractivity contribution is 7.92.